The van der Waals surface area contributed by atoms with Crippen LogP contribution < -0.4 is 40.4 Å². The van der Waals surface area contributed by atoms with Crippen LogP contribution in [0.25, 0.3) is 0 Å². The number of aliphatic carboxylic acids is 1. The third-order valence-corrected chi connectivity index (χ3v) is 4.25. The van der Waals surface area contributed by atoms with E-state index in [1.807, 2.05) is 0 Å². The van der Waals surface area contributed by atoms with Gasteiger partial charge in [-0.05, 0) is 6.92 Å². The molecule has 0 aliphatic carbocycles. The first-order chi connectivity index (χ1) is 8.84. The molecule has 20 heavy (non-hydrogen) atoms. The molecule has 3 atom stereocenters. The third kappa shape index (κ3) is 2.82. The van der Waals surface area contributed by atoms with Crippen LogP contribution in [-0.2, 0) is 14.3 Å². The summed E-state index contributed by atoms with van der Waals surface area (Å²) < 4.78 is 4.53. The van der Waals surface area contributed by atoms with Gasteiger partial charge in [0.15, 0.2) is 0 Å². The van der Waals surface area contributed by atoms with Gasteiger partial charge < -0.3 is 25.5 Å². The van der Waals surface area contributed by atoms with Gasteiger partial charge in [-0.25, -0.2) is 4.79 Å². The first-order valence-electron chi connectivity index (χ1n) is 5.39. The van der Waals surface area contributed by atoms with Crippen LogP contribution in [0.4, 0.5) is 4.79 Å². The van der Waals surface area contributed by atoms with Crippen LogP contribution in [0.2, 0.25) is 0 Å². The van der Waals surface area contributed by atoms with Gasteiger partial charge in [0.05, 0.1) is 28.6 Å². The van der Waals surface area contributed by atoms with Gasteiger partial charge in [-0.1, -0.05) is 11.8 Å². The summed E-state index contributed by atoms with van der Waals surface area (Å²) in [5.74, 6) is -2.69. The Balaban J connectivity index is 0.00000200. The molecule has 3 N–H and O–H groups in total. The Hall–Kier alpha value is -0.740. The quantitative estimate of drug-likeness (QED) is 0.392. The van der Waals surface area contributed by atoms with Gasteiger partial charge in [-0.2, -0.15) is 0 Å². The zero-order valence-corrected chi connectivity index (χ0v) is 13.7. The van der Waals surface area contributed by atoms with Gasteiger partial charge in [0.1, 0.15) is 12.0 Å². The second-order valence-corrected chi connectivity index (χ2v) is 5.36. The third-order valence-electron chi connectivity index (χ3n) is 2.91. The summed E-state index contributed by atoms with van der Waals surface area (Å²) in [6.07, 6.45) is -1.93. The molecule has 0 radical (unpaired) electrons. The predicted octanol–water partition coefficient (Wildman–Crippen LogP) is -5.04. The van der Waals surface area contributed by atoms with Gasteiger partial charge in [0.2, 0.25) is 5.91 Å². The molecule has 1 unspecified atom stereocenters. The van der Waals surface area contributed by atoms with Gasteiger partial charge in [-0.3, -0.25) is 9.69 Å². The topological polar surface area (TPSA) is 133 Å². The average Bonchev–Trinajstić information content (AvgIpc) is 2.60. The minimum absolute atomic E-state index is 0. The number of aliphatic hydroxyl groups is 1. The summed E-state index contributed by atoms with van der Waals surface area (Å²) >= 11 is 1.05. The van der Waals surface area contributed by atoms with E-state index in [0.29, 0.717) is 0 Å². The average molecular weight is 310 g/mol. The van der Waals surface area contributed by atoms with Crippen molar-refractivity contribution in [3.63, 3.8) is 0 Å². The molecule has 2 aliphatic rings. The monoisotopic (exact) mass is 310 g/mol. The van der Waals surface area contributed by atoms with Crippen LogP contribution in [0.15, 0.2) is 10.6 Å². The molecule has 10 heteroatoms. The molecule has 0 bridgehead atoms. The number of carbonyl (C=O) groups is 3. The minimum atomic E-state index is -1.53. The molecule has 2 rings (SSSR count). The van der Waals surface area contributed by atoms with Crippen LogP contribution in [0.3, 0.4) is 0 Å². The Labute approximate surface area is 140 Å². The van der Waals surface area contributed by atoms with E-state index in [0.717, 1.165) is 16.7 Å². The van der Waals surface area contributed by atoms with E-state index in [1.165, 1.54) is 6.92 Å². The number of ether oxygens (including phenoxy) is 1. The van der Waals surface area contributed by atoms with Crippen molar-refractivity contribution >= 4 is 29.7 Å². The number of thioether (sulfide) groups is 1. The van der Waals surface area contributed by atoms with E-state index < -0.39 is 35.4 Å². The van der Waals surface area contributed by atoms with Crippen molar-refractivity contribution in [2.75, 3.05) is 6.61 Å². The molecular formula is C10H11N2NaO6S. The largest absolute Gasteiger partial charge is 1.00 e. The number of carbonyl (C=O) groups excluding carboxylic acids is 3. The van der Waals surface area contributed by atoms with Crippen LogP contribution in [0.1, 0.15) is 6.92 Å². The number of carboxylic acids is 1. The molecule has 1 saturated heterocycles. The maximum Gasteiger partial charge on any atom is 1.00 e. The number of fused-ring (bicyclic) bond motifs is 1. The maximum absolute atomic E-state index is 11.8. The summed E-state index contributed by atoms with van der Waals surface area (Å²) in [5.41, 5.74) is 4.48. The molecule has 2 aliphatic heterocycles. The van der Waals surface area contributed by atoms with Crippen LogP contribution >= 0.6 is 11.8 Å². The number of carboxylic acid groups (broad SMARTS) is 1. The van der Waals surface area contributed by atoms with E-state index in [1.54, 1.807) is 0 Å². The molecule has 0 spiro atoms. The van der Waals surface area contributed by atoms with E-state index in [9.17, 15) is 24.6 Å². The first kappa shape index (κ1) is 17.3. The van der Waals surface area contributed by atoms with E-state index >= 15 is 0 Å². The summed E-state index contributed by atoms with van der Waals surface area (Å²) in [4.78, 5) is 34.6. The van der Waals surface area contributed by atoms with Crippen molar-refractivity contribution in [3.8, 4) is 0 Å². The van der Waals surface area contributed by atoms with Crippen LogP contribution in [0, 0.1) is 5.92 Å². The number of amides is 2. The number of rotatable bonds is 4. The molecule has 0 aromatic heterocycles. The second-order valence-electron chi connectivity index (χ2n) is 4.15. The van der Waals surface area contributed by atoms with Gasteiger partial charge in [0, 0.05) is 0 Å². The Kier molecular flexibility index (Phi) is 5.50. The SMILES string of the molecule is CC(O)[C@H]1C(=O)N2C(C(=O)[O-])=C(COC(N)=O)S[C@H]12.[Na+]. The van der Waals surface area contributed by atoms with Gasteiger partial charge in [0.25, 0.3) is 0 Å². The Morgan fingerprint density at radius 3 is 2.65 bits per heavy atom. The van der Waals surface area contributed by atoms with Crippen molar-refractivity contribution in [2.24, 2.45) is 11.7 Å². The molecular weight excluding hydrogens is 299 g/mol. The Morgan fingerprint density at radius 2 is 2.20 bits per heavy atom. The number of β-lactam (4-membered cyclic amide) rings is 1. The zero-order valence-electron chi connectivity index (χ0n) is 10.9. The standard InChI is InChI=1S/C10H12N2O6S.Na/c1-3(13)5-7(14)12-6(9(15)16)4(19-8(5)12)2-18-10(11)17;/h3,5,8,13H,2H2,1H3,(H2,11,17)(H,15,16);/q;+1/p-1/t3?,5-,8+;/m0./s1. The van der Waals surface area contributed by atoms with Crippen molar-refractivity contribution in [1.29, 1.82) is 0 Å². The van der Waals surface area contributed by atoms with Crippen molar-refractivity contribution < 1.29 is 58.9 Å². The smallest absolute Gasteiger partial charge is 0.543 e. The molecule has 2 amide bonds. The summed E-state index contributed by atoms with van der Waals surface area (Å²) in [6, 6.07) is 0. The van der Waals surface area contributed by atoms with Crippen molar-refractivity contribution in [3.05, 3.63) is 10.6 Å². The fourth-order valence-corrected chi connectivity index (χ4v) is 3.60. The fraction of sp³-hybridized carbons (Fsp3) is 0.500. The molecule has 0 aromatic carbocycles. The number of aliphatic hydroxyl groups excluding tert-OH is 1. The molecule has 1 fully saturated rings. The number of nitrogens with two attached hydrogens (primary N) is 1. The summed E-state index contributed by atoms with van der Waals surface area (Å²) in [7, 11) is 0. The van der Waals surface area contributed by atoms with Crippen LogP contribution in [-0.4, -0.2) is 46.1 Å². The Bertz CT molecular complexity index is 494. The molecule has 2 heterocycles. The minimum Gasteiger partial charge on any atom is -0.543 e. The van der Waals surface area contributed by atoms with Crippen LogP contribution in [0.5, 0.6) is 0 Å². The molecule has 0 saturated carbocycles. The fourth-order valence-electron chi connectivity index (χ4n) is 2.08. The zero-order chi connectivity index (χ0) is 14.3. The predicted molar refractivity (Wildman–Crippen MR) is 61.0 cm³/mol. The number of nitrogens with zero attached hydrogens (tertiary/aromatic N) is 1. The van der Waals surface area contributed by atoms with E-state index in [2.05, 4.69) is 4.74 Å². The Morgan fingerprint density at radius 1 is 1.60 bits per heavy atom. The number of hydrogen-bond acceptors (Lipinski definition) is 7. The normalized spacial score (nSPS) is 25.5. The maximum atomic E-state index is 11.8. The number of primary amides is 1. The van der Waals surface area contributed by atoms with E-state index in [4.69, 9.17) is 5.73 Å². The van der Waals surface area contributed by atoms with Crippen molar-refractivity contribution in [1.82, 2.24) is 4.90 Å². The second kappa shape index (κ2) is 6.35. The van der Waals surface area contributed by atoms with Gasteiger partial charge in [-0.15, -0.1) is 0 Å². The van der Waals surface area contributed by atoms with E-state index in [-0.39, 0.29) is 46.8 Å². The molecule has 8 nitrogen and oxygen atoms in total. The summed E-state index contributed by atoms with van der Waals surface area (Å²) in [6.45, 7) is 1.12. The summed E-state index contributed by atoms with van der Waals surface area (Å²) in [5, 5.41) is 20.0. The van der Waals surface area contributed by atoms with Crippen molar-refractivity contribution in [2.45, 2.75) is 18.4 Å². The molecule has 0 aromatic rings. The molecule has 104 valence electrons. The first-order valence-corrected chi connectivity index (χ1v) is 6.27. The number of hydrogen-bond donors (Lipinski definition) is 2. The van der Waals surface area contributed by atoms with Gasteiger partial charge >= 0.3 is 35.7 Å².